The van der Waals surface area contributed by atoms with Crippen LogP contribution in [0, 0.1) is 0 Å². The molecule has 3 aromatic rings. The molecule has 2 heterocycles. The lowest BCUT2D eigenvalue weighted by Gasteiger charge is -2.19. The number of imidazole rings is 1. The molecule has 0 radical (unpaired) electrons. The second-order valence-corrected chi connectivity index (χ2v) is 7.80. The van der Waals surface area contributed by atoms with Crippen LogP contribution in [0.15, 0.2) is 35.9 Å². The third-order valence-corrected chi connectivity index (χ3v) is 5.64. The van der Waals surface area contributed by atoms with E-state index in [-0.39, 0.29) is 18.4 Å². The molecule has 10 heteroatoms. The molecule has 2 amide bonds. The highest BCUT2D eigenvalue weighted by Gasteiger charge is 2.12. The van der Waals surface area contributed by atoms with Gasteiger partial charge in [-0.3, -0.25) is 14.0 Å². The van der Waals surface area contributed by atoms with E-state index in [1.807, 2.05) is 25.4 Å². The molecule has 1 aromatic carbocycles. The van der Waals surface area contributed by atoms with Crippen LogP contribution in [-0.4, -0.2) is 45.8 Å². The van der Waals surface area contributed by atoms with E-state index in [9.17, 15) is 9.59 Å². The van der Waals surface area contributed by atoms with Gasteiger partial charge in [0.15, 0.2) is 16.7 Å². The molecule has 2 aromatic heterocycles. The van der Waals surface area contributed by atoms with Crippen molar-refractivity contribution in [1.29, 1.82) is 0 Å². The zero-order valence-electron chi connectivity index (χ0n) is 16.4. The number of fused-ring (bicyclic) bond motifs is 1. The summed E-state index contributed by atoms with van der Waals surface area (Å²) < 4.78 is 7.32. The Morgan fingerprint density at radius 1 is 1.30 bits per heavy atom. The number of carbonyl (C=O) groups is 2. The van der Waals surface area contributed by atoms with Crippen molar-refractivity contribution in [3.8, 4) is 5.75 Å². The van der Waals surface area contributed by atoms with Crippen LogP contribution in [0.2, 0.25) is 10.2 Å². The summed E-state index contributed by atoms with van der Waals surface area (Å²) in [5.74, 6) is -0.0915. The fraction of sp³-hybridized carbons (Fsp3) is 0.250. The predicted molar refractivity (Wildman–Crippen MR) is 121 cm³/mol. The number of thiazole rings is 1. The van der Waals surface area contributed by atoms with Gasteiger partial charge >= 0.3 is 0 Å². The molecule has 158 valence electrons. The Balaban J connectivity index is 1.61. The first-order chi connectivity index (χ1) is 14.4. The van der Waals surface area contributed by atoms with Crippen molar-refractivity contribution in [2.75, 3.05) is 25.0 Å². The summed E-state index contributed by atoms with van der Waals surface area (Å²) in [7, 11) is 0. The van der Waals surface area contributed by atoms with Gasteiger partial charge in [-0.1, -0.05) is 23.2 Å². The highest BCUT2D eigenvalue weighted by Crippen LogP contribution is 2.28. The maximum atomic E-state index is 12.3. The van der Waals surface area contributed by atoms with Gasteiger partial charge in [-0.25, -0.2) is 4.98 Å². The Bertz CT molecular complexity index is 1090. The molecule has 0 aliphatic carbocycles. The van der Waals surface area contributed by atoms with Crippen LogP contribution in [0.4, 0.5) is 5.69 Å². The summed E-state index contributed by atoms with van der Waals surface area (Å²) >= 11 is 13.8. The van der Waals surface area contributed by atoms with Crippen molar-refractivity contribution in [3.05, 3.63) is 51.7 Å². The average molecular weight is 467 g/mol. The minimum atomic E-state index is -0.349. The highest BCUT2D eigenvalue weighted by molar-refractivity contribution is 7.15. The molecule has 0 saturated heterocycles. The first kappa shape index (κ1) is 22.1. The Kier molecular flexibility index (Phi) is 7.36. The largest absolute Gasteiger partial charge is 0.482 e. The quantitative estimate of drug-likeness (QED) is 0.492. The number of rotatable bonds is 8. The minimum absolute atomic E-state index is 0.0982. The monoisotopic (exact) mass is 466 g/mol. The number of ether oxygens (including phenoxy) is 1. The summed E-state index contributed by atoms with van der Waals surface area (Å²) in [5, 5.41) is 5.23. The second kappa shape index (κ2) is 9.97. The second-order valence-electron chi connectivity index (χ2n) is 6.17. The third kappa shape index (κ3) is 5.13. The molecule has 0 spiro atoms. The Morgan fingerprint density at radius 2 is 2.07 bits per heavy atom. The lowest BCUT2D eigenvalue weighted by molar-refractivity contribution is -0.133. The molecule has 0 unspecified atom stereocenters. The topological polar surface area (TPSA) is 75.9 Å². The number of anilines is 1. The normalized spacial score (nSPS) is 11.2. The molecule has 0 aliphatic heterocycles. The zero-order chi connectivity index (χ0) is 21.7. The van der Waals surface area contributed by atoms with Gasteiger partial charge in [0, 0.05) is 36.4 Å². The zero-order valence-corrected chi connectivity index (χ0v) is 18.7. The molecule has 3 rings (SSSR count). The van der Waals surface area contributed by atoms with Crippen LogP contribution in [0.3, 0.4) is 0 Å². The highest BCUT2D eigenvalue weighted by atomic mass is 35.5. The molecular weight excluding hydrogens is 447 g/mol. The van der Waals surface area contributed by atoms with Crippen LogP contribution in [0.25, 0.3) is 11.0 Å². The summed E-state index contributed by atoms with van der Waals surface area (Å²) in [6.45, 7) is 4.95. The molecule has 0 fully saturated rings. The molecule has 0 bridgehead atoms. The van der Waals surface area contributed by atoms with Crippen LogP contribution in [0.1, 0.15) is 19.5 Å². The molecule has 0 saturated carbocycles. The molecule has 7 nitrogen and oxygen atoms in total. The fourth-order valence-electron chi connectivity index (χ4n) is 2.77. The molecule has 1 N–H and O–H groups in total. The lowest BCUT2D eigenvalue weighted by atomic mass is 10.3. The average Bonchev–Trinajstić information content (AvgIpc) is 3.27. The molecule has 0 atom stereocenters. The van der Waals surface area contributed by atoms with Crippen molar-refractivity contribution in [1.82, 2.24) is 14.3 Å². The number of halogens is 2. The standard InChI is InChI=1S/C20H20Cl2N4O3S/c1-3-25(4-2)18(28)12-29-16-7-5-13(11-14(16)21)23-17(27)8-6-15-19(22)24-20-26(15)9-10-30-20/h5-11H,3-4,12H2,1-2H3,(H,23,27)/b8-6+. The lowest BCUT2D eigenvalue weighted by Crippen LogP contribution is -2.34. The number of nitrogens with zero attached hydrogens (tertiary/aromatic N) is 3. The SMILES string of the molecule is CCN(CC)C(=O)COc1ccc(NC(=O)/C=C/c2c(Cl)nc3sccn23)cc1Cl. The number of hydrogen-bond donors (Lipinski definition) is 1. The van der Waals surface area contributed by atoms with Crippen molar-refractivity contribution < 1.29 is 14.3 Å². The van der Waals surface area contributed by atoms with Gasteiger partial charge in [-0.2, -0.15) is 0 Å². The number of hydrogen-bond acceptors (Lipinski definition) is 5. The summed E-state index contributed by atoms with van der Waals surface area (Å²) in [5.41, 5.74) is 1.12. The van der Waals surface area contributed by atoms with E-state index in [2.05, 4.69) is 10.3 Å². The van der Waals surface area contributed by atoms with Gasteiger partial charge in [-0.15, -0.1) is 11.3 Å². The maximum absolute atomic E-state index is 12.3. The van der Waals surface area contributed by atoms with E-state index in [0.29, 0.717) is 40.4 Å². The van der Waals surface area contributed by atoms with Gasteiger partial charge in [0.1, 0.15) is 5.75 Å². The van der Waals surface area contributed by atoms with E-state index in [1.54, 1.807) is 33.6 Å². The number of amides is 2. The molecule has 0 aliphatic rings. The minimum Gasteiger partial charge on any atom is -0.482 e. The number of nitrogens with one attached hydrogen (secondary N) is 1. The predicted octanol–water partition coefficient (Wildman–Crippen LogP) is 4.60. The van der Waals surface area contributed by atoms with Crippen molar-refractivity contribution in [2.24, 2.45) is 0 Å². The van der Waals surface area contributed by atoms with Crippen LogP contribution in [-0.2, 0) is 9.59 Å². The number of aromatic nitrogens is 2. The number of carbonyl (C=O) groups excluding carboxylic acids is 2. The Morgan fingerprint density at radius 3 is 2.77 bits per heavy atom. The summed E-state index contributed by atoms with van der Waals surface area (Å²) in [4.78, 5) is 30.9. The first-order valence-electron chi connectivity index (χ1n) is 9.23. The summed E-state index contributed by atoms with van der Waals surface area (Å²) in [6, 6.07) is 4.82. The van der Waals surface area contributed by atoms with Gasteiger partial charge in [0.05, 0.1) is 10.7 Å². The van der Waals surface area contributed by atoms with E-state index in [0.717, 1.165) is 4.96 Å². The van der Waals surface area contributed by atoms with E-state index >= 15 is 0 Å². The van der Waals surface area contributed by atoms with Crippen LogP contribution in [0.5, 0.6) is 5.75 Å². The van der Waals surface area contributed by atoms with Gasteiger partial charge in [0.2, 0.25) is 5.91 Å². The number of likely N-dealkylation sites (N-methyl/N-ethyl adjacent to an activating group) is 1. The molecular formula is C20H20Cl2N4O3S. The van der Waals surface area contributed by atoms with E-state index in [1.165, 1.54) is 17.4 Å². The van der Waals surface area contributed by atoms with E-state index < -0.39 is 0 Å². The van der Waals surface area contributed by atoms with Gasteiger partial charge in [-0.05, 0) is 38.1 Å². The fourth-order valence-corrected chi connectivity index (χ4v) is 4.01. The van der Waals surface area contributed by atoms with Crippen LogP contribution >= 0.6 is 34.5 Å². The number of benzene rings is 1. The van der Waals surface area contributed by atoms with Gasteiger partial charge in [0.25, 0.3) is 5.91 Å². The first-order valence-corrected chi connectivity index (χ1v) is 10.9. The van der Waals surface area contributed by atoms with Crippen molar-refractivity contribution in [3.63, 3.8) is 0 Å². The van der Waals surface area contributed by atoms with Gasteiger partial charge < -0.3 is 15.0 Å². The van der Waals surface area contributed by atoms with Crippen molar-refractivity contribution in [2.45, 2.75) is 13.8 Å². The third-order valence-electron chi connectivity index (χ3n) is 4.31. The smallest absolute Gasteiger partial charge is 0.260 e. The maximum Gasteiger partial charge on any atom is 0.260 e. The Hall–Kier alpha value is -2.55. The van der Waals surface area contributed by atoms with Crippen molar-refractivity contribution >= 4 is 63.1 Å². The van der Waals surface area contributed by atoms with E-state index in [4.69, 9.17) is 27.9 Å². The molecule has 30 heavy (non-hydrogen) atoms. The summed E-state index contributed by atoms with van der Waals surface area (Å²) in [6.07, 6.45) is 4.80. The van der Waals surface area contributed by atoms with Crippen LogP contribution < -0.4 is 10.1 Å². The Labute approximate surface area is 187 Å².